The number of nitriles is 1. The summed E-state index contributed by atoms with van der Waals surface area (Å²) in [6.45, 7) is -1.42. The standard InChI is InChI=1S/C34H37N11O12P2S.H3N/c1-18(2)30(47)42-34-41-29-26(32(49)43-34)39-17-45(29)33-22(56-58(50)51)11-20(54-33)14-53-59(60,52-10-6-9-35)57-21-12-24(55-23(21)13-46)44-16-38-25-27(36-15-37-28(25)44)40-31(48)19-7-4-3-5-8-19;/h3-5,7-8,15-18,20-24,33,46H,6,10-14H2,1-2H3,(H,36,37,40,48)(H2,41,42,43,47,49);1H3/p+1/t20-,21+,22-,23+,24+,33+,59?;/m0./s1. The zero-order valence-electron chi connectivity index (χ0n) is 32.7. The Bertz CT molecular complexity index is 2540. The molecular formula is C34H41N12O12P2S+. The highest BCUT2D eigenvalue weighted by Gasteiger charge is 2.45. The summed E-state index contributed by atoms with van der Waals surface area (Å²) < 4.78 is 50.5. The summed E-state index contributed by atoms with van der Waals surface area (Å²) in [7, 11) is -3.38. The number of imidazole rings is 2. The number of aliphatic hydroxyl groups excluding tert-OH is 1. The van der Waals surface area contributed by atoms with Crippen molar-refractivity contribution in [2.45, 2.75) is 70.0 Å². The number of aromatic amines is 1. The average molecular weight is 904 g/mol. The van der Waals surface area contributed by atoms with Gasteiger partial charge in [0.1, 0.15) is 18.7 Å². The number of benzene rings is 1. The monoisotopic (exact) mass is 903 g/mol. The summed E-state index contributed by atoms with van der Waals surface area (Å²) in [4.78, 5) is 73.7. The number of anilines is 2. The molecule has 2 unspecified atom stereocenters. The number of fused-ring (bicyclic) bond motifs is 2. The Balaban J connectivity index is 0.00000622. The van der Waals surface area contributed by atoms with Gasteiger partial charge in [-0.05, 0) is 28.5 Å². The van der Waals surface area contributed by atoms with Gasteiger partial charge in [-0.2, -0.15) is 10.2 Å². The molecule has 0 radical (unpaired) electrons. The van der Waals surface area contributed by atoms with E-state index in [0.717, 1.165) is 0 Å². The molecule has 324 valence electrons. The number of H-pyrrole nitrogens is 1. The van der Waals surface area contributed by atoms with Crippen molar-refractivity contribution in [2.24, 2.45) is 5.92 Å². The molecule has 8 N–H and O–H groups in total. The van der Waals surface area contributed by atoms with E-state index in [0.29, 0.717) is 11.2 Å². The number of hydrogen-bond donors (Lipinski definition) is 5. The predicted molar refractivity (Wildman–Crippen MR) is 215 cm³/mol. The number of aliphatic hydroxyl groups is 1. The molecule has 2 amide bonds. The number of hydrogen-bond acceptors (Lipinski definition) is 19. The van der Waals surface area contributed by atoms with Gasteiger partial charge in [-0.15, -0.1) is 4.52 Å². The van der Waals surface area contributed by atoms with E-state index in [1.54, 1.807) is 48.7 Å². The zero-order chi connectivity index (χ0) is 42.6. The van der Waals surface area contributed by atoms with E-state index in [4.69, 9.17) is 39.4 Å². The fraction of sp³-hybridized carbons (Fsp3) is 0.441. The molecule has 8 atom stereocenters. The number of carbonyl (C=O) groups excluding carboxylic acids is 2. The van der Waals surface area contributed by atoms with E-state index < -0.39 is 81.7 Å². The highest BCUT2D eigenvalue weighted by atomic mass is 32.5. The second-order valence-electron chi connectivity index (χ2n) is 13.7. The van der Waals surface area contributed by atoms with Crippen LogP contribution >= 0.6 is 15.0 Å². The fourth-order valence-corrected chi connectivity index (χ4v) is 8.98. The Morgan fingerprint density at radius 2 is 1.84 bits per heavy atom. The van der Waals surface area contributed by atoms with Gasteiger partial charge in [-0.3, -0.25) is 33.8 Å². The minimum Gasteiger partial charge on any atom is -0.566 e. The second kappa shape index (κ2) is 19.8. The summed E-state index contributed by atoms with van der Waals surface area (Å²) in [6, 6.07) is 10.5. The van der Waals surface area contributed by atoms with Crippen molar-refractivity contribution in [3.63, 3.8) is 0 Å². The Kier molecular flexibility index (Phi) is 14.7. The summed E-state index contributed by atoms with van der Waals surface area (Å²) in [6.07, 6.45) is -1.93. The van der Waals surface area contributed by atoms with Crippen LogP contribution in [0.1, 0.15) is 55.9 Å². The smallest absolute Gasteiger partial charge is 0.488 e. The number of aromatic nitrogens is 8. The molecule has 0 aliphatic carbocycles. The van der Waals surface area contributed by atoms with Crippen LogP contribution in [0.25, 0.3) is 22.3 Å². The number of nitrogens with one attached hydrogen (secondary N) is 3. The summed E-state index contributed by atoms with van der Waals surface area (Å²) in [5.41, 5.74) is 0.225. The quantitative estimate of drug-likeness (QED) is 0.0661. The zero-order valence-corrected chi connectivity index (χ0v) is 35.3. The Morgan fingerprint density at radius 1 is 1.08 bits per heavy atom. The first-order valence-corrected chi connectivity index (χ1v) is 22.0. The van der Waals surface area contributed by atoms with Crippen molar-refractivity contribution in [1.82, 2.24) is 45.2 Å². The molecule has 0 saturated carbocycles. The summed E-state index contributed by atoms with van der Waals surface area (Å²) in [5.74, 6) is -1.21. The van der Waals surface area contributed by atoms with Gasteiger partial charge in [0.2, 0.25) is 11.9 Å². The third kappa shape index (κ3) is 10.4. The highest BCUT2D eigenvalue weighted by molar-refractivity contribution is 8.07. The van der Waals surface area contributed by atoms with Gasteiger partial charge in [-0.25, -0.2) is 19.9 Å². The normalized spacial score (nSPS) is 22.5. The van der Waals surface area contributed by atoms with Gasteiger partial charge in [0, 0.05) is 24.3 Å². The molecule has 0 bridgehead atoms. The van der Waals surface area contributed by atoms with E-state index in [1.165, 1.54) is 23.5 Å². The topological polar surface area (TPSA) is 341 Å². The molecule has 6 heterocycles. The van der Waals surface area contributed by atoms with Crippen LogP contribution in [0.3, 0.4) is 0 Å². The Hall–Kier alpha value is -5.06. The average Bonchev–Trinajstić information content (AvgIpc) is 4.03. The van der Waals surface area contributed by atoms with Gasteiger partial charge >= 0.3 is 15.0 Å². The van der Waals surface area contributed by atoms with E-state index in [2.05, 4.69) is 40.5 Å². The highest BCUT2D eigenvalue weighted by Crippen LogP contribution is 2.54. The van der Waals surface area contributed by atoms with Crippen LogP contribution in [-0.4, -0.2) is 100 Å². The van der Waals surface area contributed by atoms with Crippen molar-refractivity contribution in [3.05, 3.63) is 65.2 Å². The predicted octanol–water partition coefficient (Wildman–Crippen LogP) is 2.71. The van der Waals surface area contributed by atoms with Crippen LogP contribution in [0, 0.1) is 17.2 Å². The second-order valence-corrected chi connectivity index (χ2v) is 17.3. The third-order valence-corrected chi connectivity index (χ3v) is 12.1. The largest absolute Gasteiger partial charge is 0.566 e. The lowest BCUT2D eigenvalue weighted by atomic mass is 10.2. The molecule has 1 aromatic carbocycles. The van der Waals surface area contributed by atoms with Crippen LogP contribution in [0.5, 0.6) is 0 Å². The van der Waals surface area contributed by atoms with Crippen LogP contribution in [0.15, 0.2) is 54.1 Å². The first-order valence-electron chi connectivity index (χ1n) is 18.4. The van der Waals surface area contributed by atoms with Gasteiger partial charge in [0.15, 0.2) is 40.5 Å². The van der Waals surface area contributed by atoms with Crippen LogP contribution in [0.4, 0.5) is 11.8 Å². The SMILES string of the molecule is CC(C)C(=O)Nc1nc2c(ncn2[C@@H]2O[C@H](COP(=S)(OCCC#N)O[C@@H]3C[C@H](n4cnc5c(NC(=O)c6ccccc6)ncnc54)O[C@@H]3CO)C[C@@H]2O[P+](=O)[O-])c(=O)[nH]1.[NH4+]. The lowest BCUT2D eigenvalue weighted by Gasteiger charge is -2.27. The summed E-state index contributed by atoms with van der Waals surface area (Å²) in [5, 5.41) is 24.8. The van der Waals surface area contributed by atoms with Crippen LogP contribution in [-0.2, 0) is 48.7 Å². The molecule has 24 nitrogen and oxygen atoms in total. The molecule has 4 aromatic heterocycles. The lowest BCUT2D eigenvalue weighted by molar-refractivity contribution is -0.192. The number of amides is 2. The molecule has 2 fully saturated rings. The molecule has 5 aromatic rings. The maximum Gasteiger partial charge on any atom is 0.488 e. The first kappa shape index (κ1) is 45.5. The first-order chi connectivity index (χ1) is 28.9. The minimum absolute atomic E-state index is 0. The van der Waals surface area contributed by atoms with Crippen LogP contribution in [0.2, 0.25) is 0 Å². The lowest BCUT2D eigenvalue weighted by Crippen LogP contribution is -2.28. The van der Waals surface area contributed by atoms with Gasteiger partial charge < -0.3 is 44.5 Å². The van der Waals surface area contributed by atoms with Gasteiger partial charge in [0.25, 0.3) is 11.5 Å². The number of nitrogens with zero attached hydrogens (tertiary/aromatic N) is 8. The fourth-order valence-electron chi connectivity index (χ4n) is 6.42. The molecule has 0 spiro atoms. The molecule has 2 aliphatic heterocycles. The Morgan fingerprint density at radius 3 is 2.56 bits per heavy atom. The van der Waals surface area contributed by atoms with E-state index >= 15 is 0 Å². The van der Waals surface area contributed by atoms with Gasteiger partial charge in [-0.1, -0.05) is 32.0 Å². The van der Waals surface area contributed by atoms with E-state index in [-0.39, 0.29) is 67.1 Å². The molecule has 61 heavy (non-hydrogen) atoms. The number of ether oxygens (including phenoxy) is 2. The van der Waals surface area contributed by atoms with Crippen molar-refractivity contribution < 1.29 is 51.7 Å². The number of rotatable bonds is 17. The maximum atomic E-state index is 12.9. The van der Waals surface area contributed by atoms with Crippen molar-refractivity contribution >= 4 is 72.7 Å². The van der Waals surface area contributed by atoms with Gasteiger partial charge in [0.05, 0.1) is 57.2 Å². The molecule has 7 rings (SSSR count). The number of carbonyl (C=O) groups is 2. The maximum absolute atomic E-state index is 12.9. The third-order valence-electron chi connectivity index (χ3n) is 9.28. The molecule has 2 aliphatic rings. The van der Waals surface area contributed by atoms with E-state index in [1.807, 2.05) is 6.07 Å². The van der Waals surface area contributed by atoms with Crippen molar-refractivity contribution in [1.29, 1.82) is 5.26 Å². The molecule has 2 saturated heterocycles. The summed E-state index contributed by atoms with van der Waals surface area (Å²) >= 11 is 5.79. The number of quaternary nitrogens is 1. The van der Waals surface area contributed by atoms with Crippen molar-refractivity contribution in [3.8, 4) is 6.07 Å². The minimum atomic E-state index is -3.77. The van der Waals surface area contributed by atoms with Crippen LogP contribution < -0.4 is 27.2 Å². The van der Waals surface area contributed by atoms with E-state index in [9.17, 15) is 34.2 Å². The Labute approximate surface area is 351 Å². The van der Waals surface area contributed by atoms with Crippen molar-refractivity contribution in [2.75, 3.05) is 30.5 Å². The molecule has 27 heteroatoms. The molecular weight excluding hydrogens is 862 g/mol.